The summed E-state index contributed by atoms with van der Waals surface area (Å²) in [6.07, 6.45) is 58.8. The number of ether oxygens (including phenoxy) is 1. The lowest BCUT2D eigenvalue weighted by atomic mass is 9.97. The van der Waals surface area contributed by atoms with Gasteiger partial charge in [0.05, 0.1) is 6.61 Å². The van der Waals surface area contributed by atoms with Gasteiger partial charge in [0.25, 0.3) is 0 Å². The van der Waals surface area contributed by atoms with E-state index in [0.717, 1.165) is 77.3 Å². The van der Waals surface area contributed by atoms with E-state index in [9.17, 15) is 9.59 Å². The van der Waals surface area contributed by atoms with Crippen LogP contribution in [0.2, 0.25) is 0 Å². The zero-order chi connectivity index (χ0) is 42.4. The highest BCUT2D eigenvalue weighted by Crippen LogP contribution is 2.22. The predicted octanol–water partition coefficient (Wildman–Crippen LogP) is 15.8. The first-order valence-electron chi connectivity index (χ1n) is 25.2. The molecule has 0 aliphatic rings. The Bertz CT molecular complexity index is 951. The number of esters is 1. The zero-order valence-corrected chi connectivity index (χ0v) is 39.5. The van der Waals surface area contributed by atoms with Crippen LogP contribution in [-0.2, 0) is 14.3 Å². The van der Waals surface area contributed by atoms with Gasteiger partial charge in [-0.3, -0.25) is 9.59 Å². The molecule has 1 amide bonds. The van der Waals surface area contributed by atoms with Crippen LogP contribution in [0.4, 0.5) is 0 Å². The van der Waals surface area contributed by atoms with E-state index >= 15 is 0 Å². The number of allylic oxidation sites excluding steroid dienone is 8. The summed E-state index contributed by atoms with van der Waals surface area (Å²) in [6, 6.07) is 0.371. The molecule has 0 radical (unpaired) electrons. The molecular weight excluding hydrogens is 713 g/mol. The molecular formula is C53H98N2O3. The molecule has 5 heteroatoms. The molecule has 5 nitrogen and oxygen atoms in total. The van der Waals surface area contributed by atoms with Crippen LogP contribution >= 0.6 is 0 Å². The second-order valence-corrected chi connectivity index (χ2v) is 17.2. The van der Waals surface area contributed by atoms with Crippen LogP contribution in [0.5, 0.6) is 0 Å². The Balaban J connectivity index is 4.85. The van der Waals surface area contributed by atoms with Gasteiger partial charge in [-0.1, -0.05) is 172 Å². The number of hydrogen-bond acceptors (Lipinski definition) is 4. The third kappa shape index (κ3) is 40.6. The normalized spacial score (nSPS) is 12.2. The molecule has 0 saturated carbocycles. The molecule has 58 heavy (non-hydrogen) atoms. The summed E-state index contributed by atoms with van der Waals surface area (Å²) in [7, 11) is 4.28. The van der Waals surface area contributed by atoms with E-state index in [4.69, 9.17) is 4.74 Å². The van der Waals surface area contributed by atoms with E-state index in [1.807, 2.05) is 6.92 Å². The highest BCUT2D eigenvalue weighted by Gasteiger charge is 2.23. The number of unbranched alkanes of at least 4 members (excludes halogenated alkanes) is 22. The lowest BCUT2D eigenvalue weighted by Gasteiger charge is -2.33. The van der Waals surface area contributed by atoms with Crippen molar-refractivity contribution < 1.29 is 14.3 Å². The molecule has 0 N–H and O–H groups in total. The van der Waals surface area contributed by atoms with Crippen molar-refractivity contribution in [3.05, 3.63) is 48.6 Å². The van der Waals surface area contributed by atoms with Crippen LogP contribution in [0, 0.1) is 0 Å². The number of nitrogens with zero attached hydrogens (tertiary/aromatic N) is 2. The number of rotatable bonds is 44. The molecule has 0 aliphatic heterocycles. The Hall–Kier alpha value is -2.14. The van der Waals surface area contributed by atoms with E-state index in [1.165, 1.54) is 141 Å². The quantitative estimate of drug-likeness (QED) is 0.0349. The van der Waals surface area contributed by atoms with Gasteiger partial charge in [0.1, 0.15) is 0 Å². The molecule has 0 rings (SSSR count). The maximum absolute atomic E-state index is 13.9. The average Bonchev–Trinajstić information content (AvgIpc) is 3.21. The SMILES string of the molecule is CCCCC/C=C\C/C=C\CCCCCCCCC(CCCCCCCC/C=C\C/C=C\CCCCC)N(CCCN(C)C)C(=O)CCCCCCCC(=O)OCC. The minimum Gasteiger partial charge on any atom is -0.466 e. The van der Waals surface area contributed by atoms with Crippen LogP contribution in [-0.4, -0.2) is 61.5 Å². The van der Waals surface area contributed by atoms with Crippen LogP contribution < -0.4 is 0 Å². The van der Waals surface area contributed by atoms with Gasteiger partial charge in [-0.05, 0) is 124 Å². The monoisotopic (exact) mass is 811 g/mol. The Labute approximate surface area is 362 Å². The van der Waals surface area contributed by atoms with E-state index in [1.54, 1.807) is 0 Å². The molecule has 0 bridgehead atoms. The molecule has 0 unspecified atom stereocenters. The summed E-state index contributed by atoms with van der Waals surface area (Å²) < 4.78 is 5.07. The standard InChI is InChI=1S/C53H98N2O3/c1-6-9-11-13-15-17-19-21-23-25-27-29-31-33-36-40-45-51(46-41-37-34-32-30-28-26-24-22-20-18-16-14-12-10-7-2)55(50-44-49-54(4)5)52(56)47-42-38-35-39-43-48-53(57)58-8-3/h15-18,21-24,51H,6-14,19-20,25-50H2,1-5H3/b17-15-,18-16-,23-21-,24-22-. The summed E-state index contributed by atoms with van der Waals surface area (Å²) in [6.45, 7) is 8.75. The summed E-state index contributed by atoms with van der Waals surface area (Å²) >= 11 is 0. The zero-order valence-electron chi connectivity index (χ0n) is 39.5. The van der Waals surface area contributed by atoms with E-state index < -0.39 is 0 Å². The maximum atomic E-state index is 13.9. The Morgan fingerprint density at radius 1 is 0.448 bits per heavy atom. The first-order chi connectivity index (χ1) is 28.5. The van der Waals surface area contributed by atoms with Gasteiger partial charge in [-0.15, -0.1) is 0 Å². The van der Waals surface area contributed by atoms with Crippen molar-refractivity contribution in [2.45, 2.75) is 245 Å². The molecule has 0 saturated heterocycles. The number of amides is 1. The predicted molar refractivity (Wildman–Crippen MR) is 256 cm³/mol. The Morgan fingerprint density at radius 2 is 0.845 bits per heavy atom. The van der Waals surface area contributed by atoms with Crippen molar-refractivity contribution in [2.24, 2.45) is 0 Å². The fraction of sp³-hybridized carbons (Fsp3) is 0.811. The van der Waals surface area contributed by atoms with Crippen molar-refractivity contribution >= 4 is 11.9 Å². The lowest BCUT2D eigenvalue weighted by molar-refractivity contribution is -0.143. The van der Waals surface area contributed by atoms with Crippen molar-refractivity contribution in [1.29, 1.82) is 0 Å². The molecule has 0 atom stereocenters. The lowest BCUT2D eigenvalue weighted by Crippen LogP contribution is -2.41. The van der Waals surface area contributed by atoms with Crippen molar-refractivity contribution in [3.8, 4) is 0 Å². The fourth-order valence-corrected chi connectivity index (χ4v) is 7.71. The summed E-state index contributed by atoms with van der Waals surface area (Å²) in [5.74, 6) is 0.284. The molecule has 0 fully saturated rings. The average molecular weight is 811 g/mol. The van der Waals surface area contributed by atoms with E-state index in [2.05, 4.69) is 86.4 Å². The summed E-state index contributed by atoms with van der Waals surface area (Å²) in [5.41, 5.74) is 0. The molecule has 0 spiro atoms. The first kappa shape index (κ1) is 55.9. The molecule has 0 aromatic heterocycles. The number of carbonyl (C=O) groups is 2. The molecule has 0 aliphatic carbocycles. The third-order valence-corrected chi connectivity index (χ3v) is 11.3. The maximum Gasteiger partial charge on any atom is 0.305 e. The second kappa shape index (κ2) is 45.9. The Kier molecular flexibility index (Phi) is 44.2. The number of hydrogen-bond donors (Lipinski definition) is 0. The van der Waals surface area contributed by atoms with Crippen molar-refractivity contribution in [1.82, 2.24) is 9.80 Å². The van der Waals surface area contributed by atoms with Gasteiger partial charge in [-0.2, -0.15) is 0 Å². The topological polar surface area (TPSA) is 49.9 Å². The van der Waals surface area contributed by atoms with Crippen molar-refractivity contribution in [3.63, 3.8) is 0 Å². The minimum absolute atomic E-state index is 0.0864. The van der Waals surface area contributed by atoms with E-state index in [-0.39, 0.29) is 5.97 Å². The molecule has 338 valence electrons. The van der Waals surface area contributed by atoms with Crippen LogP contribution in [0.15, 0.2) is 48.6 Å². The minimum atomic E-state index is -0.0864. The third-order valence-electron chi connectivity index (χ3n) is 11.3. The molecule has 0 aromatic carbocycles. The smallest absolute Gasteiger partial charge is 0.305 e. The van der Waals surface area contributed by atoms with Gasteiger partial charge >= 0.3 is 5.97 Å². The first-order valence-corrected chi connectivity index (χ1v) is 25.2. The fourth-order valence-electron chi connectivity index (χ4n) is 7.71. The van der Waals surface area contributed by atoms with Gasteiger partial charge < -0.3 is 14.5 Å². The van der Waals surface area contributed by atoms with Crippen molar-refractivity contribution in [2.75, 3.05) is 33.8 Å². The summed E-state index contributed by atoms with van der Waals surface area (Å²) in [4.78, 5) is 30.1. The van der Waals surface area contributed by atoms with Crippen LogP contribution in [0.1, 0.15) is 239 Å². The molecule has 0 aromatic rings. The number of carbonyl (C=O) groups excluding carboxylic acids is 2. The van der Waals surface area contributed by atoms with Gasteiger partial charge in [-0.25, -0.2) is 0 Å². The van der Waals surface area contributed by atoms with Gasteiger partial charge in [0.15, 0.2) is 0 Å². The highest BCUT2D eigenvalue weighted by atomic mass is 16.5. The largest absolute Gasteiger partial charge is 0.466 e. The van der Waals surface area contributed by atoms with Gasteiger partial charge in [0, 0.05) is 25.4 Å². The highest BCUT2D eigenvalue weighted by molar-refractivity contribution is 5.76. The van der Waals surface area contributed by atoms with Crippen LogP contribution in [0.3, 0.4) is 0 Å². The second-order valence-electron chi connectivity index (χ2n) is 17.2. The summed E-state index contributed by atoms with van der Waals surface area (Å²) in [5, 5.41) is 0. The Morgan fingerprint density at radius 3 is 1.28 bits per heavy atom. The van der Waals surface area contributed by atoms with Gasteiger partial charge in [0.2, 0.25) is 5.91 Å². The molecule has 0 heterocycles. The van der Waals surface area contributed by atoms with E-state index in [0.29, 0.717) is 31.4 Å². The van der Waals surface area contributed by atoms with Crippen LogP contribution in [0.25, 0.3) is 0 Å².